The van der Waals surface area contributed by atoms with Crippen molar-refractivity contribution in [2.75, 3.05) is 11.6 Å². The van der Waals surface area contributed by atoms with Crippen LogP contribution in [0.15, 0.2) is 21.9 Å². The summed E-state index contributed by atoms with van der Waals surface area (Å²) in [5, 5.41) is 16.7. The smallest absolute Gasteiger partial charge is 0.313 e. The van der Waals surface area contributed by atoms with E-state index in [1.807, 2.05) is 0 Å². The second kappa shape index (κ2) is 4.50. The van der Waals surface area contributed by atoms with Crippen LogP contribution < -0.4 is 5.84 Å². The molecule has 8 heteroatoms. The molecule has 2 rings (SSSR count). The van der Waals surface area contributed by atoms with Crippen LogP contribution in [0.25, 0.3) is 11.4 Å². The topological polar surface area (TPSA) is 107 Å². The standard InChI is InChI=1S/C9H10N4O3S/c1-5-6(2-3-16-5)8-11-12-9(13(8)10)17-4-7(14)15/h2-3H,4,10H2,1H3,(H,14,15). The number of carboxylic acid groups (broad SMARTS) is 1. The number of nitrogens with two attached hydrogens (primary N) is 1. The highest BCUT2D eigenvalue weighted by atomic mass is 32.2. The molecule has 7 nitrogen and oxygen atoms in total. The Morgan fingerprint density at radius 2 is 2.41 bits per heavy atom. The number of aromatic nitrogens is 3. The van der Waals surface area contributed by atoms with Crippen molar-refractivity contribution in [2.45, 2.75) is 12.1 Å². The highest BCUT2D eigenvalue weighted by Gasteiger charge is 2.16. The van der Waals surface area contributed by atoms with Crippen LogP contribution >= 0.6 is 11.8 Å². The van der Waals surface area contributed by atoms with E-state index in [9.17, 15) is 4.79 Å². The molecular weight excluding hydrogens is 244 g/mol. The third-order valence-electron chi connectivity index (χ3n) is 2.09. The number of aliphatic carboxylic acids is 1. The molecule has 0 aliphatic rings. The molecule has 0 aliphatic carbocycles. The van der Waals surface area contributed by atoms with Gasteiger partial charge in [0.25, 0.3) is 0 Å². The summed E-state index contributed by atoms with van der Waals surface area (Å²) in [5.41, 5.74) is 0.738. The van der Waals surface area contributed by atoms with Gasteiger partial charge in [-0.05, 0) is 13.0 Å². The summed E-state index contributed by atoms with van der Waals surface area (Å²) in [7, 11) is 0. The van der Waals surface area contributed by atoms with Crippen molar-refractivity contribution in [3.8, 4) is 11.4 Å². The van der Waals surface area contributed by atoms with Gasteiger partial charge in [0.1, 0.15) is 5.76 Å². The van der Waals surface area contributed by atoms with Crippen LogP contribution in [-0.2, 0) is 4.79 Å². The van der Waals surface area contributed by atoms with Crippen LogP contribution in [0.3, 0.4) is 0 Å². The van der Waals surface area contributed by atoms with Crippen molar-refractivity contribution in [1.82, 2.24) is 14.9 Å². The van der Waals surface area contributed by atoms with Crippen molar-refractivity contribution in [3.63, 3.8) is 0 Å². The number of rotatable bonds is 4. The van der Waals surface area contributed by atoms with E-state index in [0.29, 0.717) is 16.7 Å². The lowest BCUT2D eigenvalue weighted by Crippen LogP contribution is -2.12. The first-order valence-corrected chi connectivity index (χ1v) is 5.67. The molecule has 0 aliphatic heterocycles. The summed E-state index contributed by atoms with van der Waals surface area (Å²) >= 11 is 1.01. The fourth-order valence-electron chi connectivity index (χ4n) is 1.30. The quantitative estimate of drug-likeness (QED) is 0.612. The highest BCUT2D eigenvalue weighted by Crippen LogP contribution is 2.24. The van der Waals surface area contributed by atoms with Gasteiger partial charge in [-0.3, -0.25) is 4.79 Å². The molecule has 0 spiro atoms. The van der Waals surface area contributed by atoms with Crippen LogP contribution in [0.1, 0.15) is 5.76 Å². The van der Waals surface area contributed by atoms with Gasteiger partial charge in [-0.1, -0.05) is 11.8 Å². The molecule has 90 valence electrons. The van der Waals surface area contributed by atoms with E-state index in [0.717, 1.165) is 17.3 Å². The molecule has 2 aromatic heterocycles. The van der Waals surface area contributed by atoms with Crippen LogP contribution in [0.2, 0.25) is 0 Å². The van der Waals surface area contributed by atoms with Gasteiger partial charge in [-0.2, -0.15) is 0 Å². The molecule has 0 aromatic carbocycles. The van der Waals surface area contributed by atoms with Gasteiger partial charge in [0, 0.05) is 0 Å². The molecule has 0 unspecified atom stereocenters. The largest absolute Gasteiger partial charge is 0.481 e. The fourth-order valence-corrected chi connectivity index (χ4v) is 1.88. The minimum Gasteiger partial charge on any atom is -0.481 e. The highest BCUT2D eigenvalue weighted by molar-refractivity contribution is 7.99. The number of carbonyl (C=O) groups is 1. The SMILES string of the molecule is Cc1occc1-c1nnc(SCC(=O)O)n1N. The number of aryl methyl sites for hydroxylation is 1. The van der Waals surface area contributed by atoms with Gasteiger partial charge in [0.2, 0.25) is 5.16 Å². The summed E-state index contributed by atoms with van der Waals surface area (Å²) in [5.74, 6) is 5.87. The second-order valence-electron chi connectivity index (χ2n) is 3.25. The zero-order chi connectivity index (χ0) is 12.4. The first kappa shape index (κ1) is 11.5. The number of nitrogen functional groups attached to an aromatic ring is 1. The van der Waals surface area contributed by atoms with E-state index in [1.165, 1.54) is 10.9 Å². The average Bonchev–Trinajstić information content (AvgIpc) is 2.82. The van der Waals surface area contributed by atoms with E-state index in [2.05, 4.69) is 10.2 Å². The van der Waals surface area contributed by atoms with E-state index < -0.39 is 5.97 Å². The molecule has 0 radical (unpaired) electrons. The summed E-state index contributed by atoms with van der Waals surface area (Å²) in [6.45, 7) is 1.79. The lowest BCUT2D eigenvalue weighted by Gasteiger charge is -2.01. The number of thioether (sulfide) groups is 1. The normalized spacial score (nSPS) is 10.6. The minimum atomic E-state index is -0.931. The predicted octanol–water partition coefficient (Wildman–Crippen LogP) is 0.737. The van der Waals surface area contributed by atoms with Gasteiger partial charge in [-0.25, -0.2) is 4.68 Å². The Morgan fingerprint density at radius 1 is 1.65 bits per heavy atom. The minimum absolute atomic E-state index is 0.111. The second-order valence-corrected chi connectivity index (χ2v) is 4.19. The van der Waals surface area contributed by atoms with Gasteiger partial charge in [-0.15, -0.1) is 10.2 Å². The average molecular weight is 254 g/mol. The molecular formula is C9H10N4O3S. The third kappa shape index (κ3) is 2.26. The van der Waals surface area contributed by atoms with Gasteiger partial charge < -0.3 is 15.4 Å². The Labute approximate surface area is 101 Å². The zero-order valence-electron chi connectivity index (χ0n) is 8.95. The number of nitrogens with zero attached hydrogens (tertiary/aromatic N) is 3. The van der Waals surface area contributed by atoms with Crippen LogP contribution in [-0.4, -0.2) is 31.7 Å². The van der Waals surface area contributed by atoms with Crippen molar-refractivity contribution >= 4 is 17.7 Å². The van der Waals surface area contributed by atoms with Crippen LogP contribution in [0.5, 0.6) is 0 Å². The molecule has 0 amide bonds. The number of carboxylic acids is 1. The number of furan rings is 1. The predicted molar refractivity (Wildman–Crippen MR) is 61.0 cm³/mol. The molecule has 0 saturated heterocycles. The van der Waals surface area contributed by atoms with Crippen molar-refractivity contribution in [3.05, 3.63) is 18.1 Å². The molecule has 0 bridgehead atoms. The summed E-state index contributed by atoms with van der Waals surface area (Å²) in [6.07, 6.45) is 1.53. The lowest BCUT2D eigenvalue weighted by atomic mass is 10.2. The van der Waals surface area contributed by atoms with E-state index >= 15 is 0 Å². The van der Waals surface area contributed by atoms with E-state index in [1.54, 1.807) is 13.0 Å². The first-order valence-electron chi connectivity index (χ1n) is 4.69. The molecule has 17 heavy (non-hydrogen) atoms. The summed E-state index contributed by atoms with van der Waals surface area (Å²) < 4.78 is 6.40. The monoisotopic (exact) mass is 254 g/mol. The third-order valence-corrected chi connectivity index (χ3v) is 3.02. The molecule has 0 saturated carbocycles. The van der Waals surface area contributed by atoms with Gasteiger partial charge in [0.05, 0.1) is 17.6 Å². The first-order chi connectivity index (χ1) is 8.09. The Bertz CT molecular complexity index is 548. The number of hydrogen-bond acceptors (Lipinski definition) is 6. The summed E-state index contributed by atoms with van der Waals surface area (Å²) in [4.78, 5) is 10.4. The van der Waals surface area contributed by atoms with E-state index in [4.69, 9.17) is 15.4 Å². The zero-order valence-corrected chi connectivity index (χ0v) is 9.77. The van der Waals surface area contributed by atoms with Crippen molar-refractivity contribution in [1.29, 1.82) is 0 Å². The maximum atomic E-state index is 10.4. The molecule has 3 N–H and O–H groups in total. The van der Waals surface area contributed by atoms with E-state index in [-0.39, 0.29) is 5.75 Å². The Kier molecular flexibility index (Phi) is 3.05. The molecule has 2 aromatic rings. The molecule has 0 atom stereocenters. The molecule has 0 fully saturated rings. The van der Waals surface area contributed by atoms with Gasteiger partial charge >= 0.3 is 5.97 Å². The maximum Gasteiger partial charge on any atom is 0.313 e. The maximum absolute atomic E-state index is 10.4. The fraction of sp³-hybridized carbons (Fsp3) is 0.222. The number of hydrogen-bond donors (Lipinski definition) is 2. The summed E-state index contributed by atoms with van der Waals surface area (Å²) in [6, 6.07) is 1.73. The Balaban J connectivity index is 2.27. The van der Waals surface area contributed by atoms with Crippen molar-refractivity contribution < 1.29 is 14.3 Å². The molecule has 2 heterocycles. The Hall–Kier alpha value is -1.96. The van der Waals surface area contributed by atoms with Crippen LogP contribution in [0.4, 0.5) is 0 Å². The van der Waals surface area contributed by atoms with Crippen molar-refractivity contribution in [2.24, 2.45) is 0 Å². The van der Waals surface area contributed by atoms with Gasteiger partial charge in [0.15, 0.2) is 5.82 Å². The Morgan fingerprint density at radius 3 is 3.00 bits per heavy atom. The lowest BCUT2D eigenvalue weighted by molar-refractivity contribution is -0.133. The van der Waals surface area contributed by atoms with Crippen LogP contribution in [0, 0.1) is 6.92 Å².